The van der Waals surface area contributed by atoms with E-state index in [-0.39, 0.29) is 5.54 Å². The summed E-state index contributed by atoms with van der Waals surface area (Å²) in [6.45, 7) is 7.36. The normalized spacial score (nSPS) is 18.7. The van der Waals surface area contributed by atoms with Crippen molar-refractivity contribution in [3.8, 4) is 0 Å². The van der Waals surface area contributed by atoms with E-state index in [4.69, 9.17) is 5.73 Å². The largest absolute Gasteiger partial charge is 0.329 e. The molecule has 1 aromatic carbocycles. The van der Waals surface area contributed by atoms with Crippen molar-refractivity contribution < 1.29 is 0 Å². The van der Waals surface area contributed by atoms with Crippen molar-refractivity contribution in [2.45, 2.75) is 58.0 Å². The Morgan fingerprint density at radius 3 is 2.53 bits per heavy atom. The lowest BCUT2D eigenvalue weighted by molar-refractivity contribution is 0.0546. The van der Waals surface area contributed by atoms with E-state index in [1.54, 1.807) is 0 Å². The molecule has 2 heteroatoms. The lowest BCUT2D eigenvalue weighted by atomic mass is 9.80. The third-order valence-electron chi connectivity index (χ3n) is 4.67. The third-order valence-corrected chi connectivity index (χ3v) is 4.67. The maximum absolute atomic E-state index is 6.16. The Labute approximate surface area is 118 Å². The average Bonchev–Trinajstić information content (AvgIpc) is 2.45. The highest BCUT2D eigenvalue weighted by atomic mass is 15.2. The molecule has 0 aliphatic heterocycles. The molecule has 1 saturated carbocycles. The van der Waals surface area contributed by atoms with Crippen LogP contribution in [0.15, 0.2) is 24.3 Å². The van der Waals surface area contributed by atoms with Crippen molar-refractivity contribution in [2.24, 2.45) is 5.73 Å². The molecule has 0 heterocycles. The second-order valence-electron chi connectivity index (χ2n) is 5.99. The number of aryl methyl sites for hydroxylation is 1. The van der Waals surface area contributed by atoms with E-state index in [0.717, 1.165) is 19.6 Å². The number of nitrogens with zero attached hydrogens (tertiary/aromatic N) is 1. The summed E-state index contributed by atoms with van der Waals surface area (Å²) in [5.41, 5.74) is 9.17. The van der Waals surface area contributed by atoms with Gasteiger partial charge in [-0.05, 0) is 31.9 Å². The van der Waals surface area contributed by atoms with Crippen molar-refractivity contribution in [1.29, 1.82) is 0 Å². The van der Waals surface area contributed by atoms with Crippen molar-refractivity contribution in [3.05, 3.63) is 35.4 Å². The number of hydrogen-bond donors (Lipinski definition) is 1. The minimum atomic E-state index is 0.247. The Bertz CT molecular complexity index is 394. The van der Waals surface area contributed by atoms with Crippen LogP contribution in [0.4, 0.5) is 0 Å². The summed E-state index contributed by atoms with van der Waals surface area (Å²) < 4.78 is 0. The highest BCUT2D eigenvalue weighted by molar-refractivity contribution is 5.22. The SMILES string of the molecule is CCN(Cc1cccc(C)c1)C1(CN)CCCCC1. The van der Waals surface area contributed by atoms with Crippen LogP contribution in [0.1, 0.15) is 50.2 Å². The van der Waals surface area contributed by atoms with Gasteiger partial charge < -0.3 is 5.73 Å². The molecular formula is C17H28N2. The van der Waals surface area contributed by atoms with E-state index in [1.807, 2.05) is 0 Å². The molecule has 2 N–H and O–H groups in total. The fourth-order valence-corrected chi connectivity index (χ4v) is 3.51. The van der Waals surface area contributed by atoms with Gasteiger partial charge in [0, 0.05) is 18.6 Å². The van der Waals surface area contributed by atoms with Gasteiger partial charge >= 0.3 is 0 Å². The molecular weight excluding hydrogens is 232 g/mol. The smallest absolute Gasteiger partial charge is 0.0335 e. The number of likely N-dealkylation sites (N-methyl/N-ethyl adjacent to an activating group) is 1. The zero-order valence-corrected chi connectivity index (χ0v) is 12.5. The van der Waals surface area contributed by atoms with Crippen LogP contribution in [0.5, 0.6) is 0 Å². The maximum Gasteiger partial charge on any atom is 0.0335 e. The highest BCUT2D eigenvalue weighted by Gasteiger charge is 2.35. The lowest BCUT2D eigenvalue weighted by Gasteiger charge is -2.45. The van der Waals surface area contributed by atoms with Crippen LogP contribution in [0.25, 0.3) is 0 Å². The van der Waals surface area contributed by atoms with Gasteiger partial charge in [0.1, 0.15) is 0 Å². The van der Waals surface area contributed by atoms with Gasteiger partial charge in [0.2, 0.25) is 0 Å². The minimum absolute atomic E-state index is 0.247. The van der Waals surface area contributed by atoms with Crippen molar-refractivity contribution in [1.82, 2.24) is 4.90 Å². The quantitative estimate of drug-likeness (QED) is 0.878. The van der Waals surface area contributed by atoms with Crippen LogP contribution in [0, 0.1) is 6.92 Å². The lowest BCUT2D eigenvalue weighted by Crippen LogP contribution is -2.54. The molecule has 19 heavy (non-hydrogen) atoms. The molecule has 0 bridgehead atoms. The summed E-state index contributed by atoms with van der Waals surface area (Å²) >= 11 is 0. The standard InChI is InChI=1S/C17H28N2/c1-3-19(13-16-9-7-8-15(2)12-16)17(14-18)10-5-4-6-11-17/h7-9,12H,3-6,10-11,13-14,18H2,1-2H3. The van der Waals surface area contributed by atoms with Crippen LogP contribution in [-0.4, -0.2) is 23.5 Å². The van der Waals surface area contributed by atoms with E-state index in [1.165, 1.54) is 43.2 Å². The predicted octanol–water partition coefficient (Wildman–Crippen LogP) is 3.48. The van der Waals surface area contributed by atoms with Crippen molar-refractivity contribution >= 4 is 0 Å². The second kappa shape index (κ2) is 6.53. The van der Waals surface area contributed by atoms with E-state index in [0.29, 0.717) is 0 Å². The van der Waals surface area contributed by atoms with E-state index in [2.05, 4.69) is 43.0 Å². The van der Waals surface area contributed by atoms with Crippen LogP contribution < -0.4 is 5.73 Å². The Balaban J connectivity index is 2.14. The van der Waals surface area contributed by atoms with Gasteiger partial charge in [-0.3, -0.25) is 4.90 Å². The molecule has 0 spiro atoms. The Kier molecular flexibility index (Phi) is 5.00. The number of hydrogen-bond acceptors (Lipinski definition) is 2. The molecule has 1 aromatic rings. The molecule has 0 saturated heterocycles. The first-order valence-electron chi connectivity index (χ1n) is 7.71. The number of benzene rings is 1. The fourth-order valence-electron chi connectivity index (χ4n) is 3.51. The molecule has 1 fully saturated rings. The topological polar surface area (TPSA) is 29.3 Å². The molecule has 2 nitrogen and oxygen atoms in total. The van der Waals surface area contributed by atoms with Crippen molar-refractivity contribution in [3.63, 3.8) is 0 Å². The maximum atomic E-state index is 6.16. The minimum Gasteiger partial charge on any atom is -0.329 e. The average molecular weight is 260 g/mol. The van der Waals surface area contributed by atoms with E-state index in [9.17, 15) is 0 Å². The van der Waals surface area contributed by atoms with Crippen molar-refractivity contribution in [2.75, 3.05) is 13.1 Å². The van der Waals surface area contributed by atoms with Gasteiger partial charge in [0.05, 0.1) is 0 Å². The van der Waals surface area contributed by atoms with Gasteiger partial charge in [-0.25, -0.2) is 0 Å². The second-order valence-corrected chi connectivity index (χ2v) is 5.99. The summed E-state index contributed by atoms with van der Waals surface area (Å²) in [5.74, 6) is 0. The Hall–Kier alpha value is -0.860. The first kappa shape index (κ1) is 14.5. The summed E-state index contributed by atoms with van der Waals surface area (Å²) in [7, 11) is 0. The molecule has 1 aliphatic rings. The molecule has 2 rings (SSSR count). The zero-order valence-electron chi connectivity index (χ0n) is 12.5. The molecule has 0 radical (unpaired) electrons. The zero-order chi connectivity index (χ0) is 13.7. The summed E-state index contributed by atoms with van der Waals surface area (Å²) in [6, 6.07) is 8.87. The van der Waals surface area contributed by atoms with E-state index >= 15 is 0 Å². The highest BCUT2D eigenvalue weighted by Crippen LogP contribution is 2.33. The summed E-state index contributed by atoms with van der Waals surface area (Å²) in [5, 5.41) is 0. The predicted molar refractivity (Wildman–Crippen MR) is 82.1 cm³/mol. The van der Waals surface area contributed by atoms with Crippen LogP contribution >= 0.6 is 0 Å². The number of nitrogens with two attached hydrogens (primary N) is 1. The molecule has 0 amide bonds. The van der Waals surface area contributed by atoms with Crippen LogP contribution in [0.3, 0.4) is 0 Å². The van der Waals surface area contributed by atoms with Crippen LogP contribution in [-0.2, 0) is 6.54 Å². The van der Waals surface area contributed by atoms with Crippen LogP contribution in [0.2, 0.25) is 0 Å². The molecule has 0 unspecified atom stereocenters. The third kappa shape index (κ3) is 3.37. The first-order chi connectivity index (χ1) is 9.20. The fraction of sp³-hybridized carbons (Fsp3) is 0.647. The monoisotopic (exact) mass is 260 g/mol. The first-order valence-corrected chi connectivity index (χ1v) is 7.71. The Morgan fingerprint density at radius 1 is 1.21 bits per heavy atom. The summed E-state index contributed by atoms with van der Waals surface area (Å²) in [6.07, 6.45) is 6.58. The molecule has 106 valence electrons. The molecule has 0 atom stereocenters. The van der Waals surface area contributed by atoms with Gasteiger partial charge in [0.15, 0.2) is 0 Å². The van der Waals surface area contributed by atoms with Gasteiger partial charge in [-0.1, -0.05) is 56.0 Å². The van der Waals surface area contributed by atoms with Gasteiger partial charge in [-0.2, -0.15) is 0 Å². The van der Waals surface area contributed by atoms with E-state index < -0.39 is 0 Å². The van der Waals surface area contributed by atoms with Gasteiger partial charge in [0.25, 0.3) is 0 Å². The number of rotatable bonds is 5. The molecule has 1 aliphatic carbocycles. The Morgan fingerprint density at radius 2 is 1.95 bits per heavy atom. The molecule has 0 aromatic heterocycles. The van der Waals surface area contributed by atoms with Gasteiger partial charge in [-0.15, -0.1) is 0 Å². The summed E-state index contributed by atoms with van der Waals surface area (Å²) in [4.78, 5) is 2.61.